The lowest BCUT2D eigenvalue weighted by Crippen LogP contribution is -2.53. The van der Waals surface area contributed by atoms with Crippen LogP contribution in [0.4, 0.5) is 11.4 Å². The molecule has 3 atom stereocenters. The molecule has 0 spiro atoms. The lowest BCUT2D eigenvalue weighted by Gasteiger charge is -2.46. The van der Waals surface area contributed by atoms with Crippen LogP contribution in [-0.2, 0) is 0 Å². The fourth-order valence-corrected chi connectivity index (χ4v) is 7.53. The number of hydrogen-bond donors (Lipinski definition) is 0. The van der Waals surface area contributed by atoms with Crippen LogP contribution in [0.25, 0.3) is 17.1 Å². The Hall–Kier alpha value is -3.65. The first kappa shape index (κ1) is 26.3. The zero-order valence-corrected chi connectivity index (χ0v) is 24.8. The summed E-state index contributed by atoms with van der Waals surface area (Å²) in [4.78, 5) is 28.0. The van der Waals surface area contributed by atoms with E-state index in [1.807, 2.05) is 9.58 Å². The Morgan fingerprint density at radius 3 is 2.27 bits per heavy atom. The van der Waals surface area contributed by atoms with Crippen LogP contribution in [0.3, 0.4) is 0 Å². The highest BCUT2D eigenvalue weighted by molar-refractivity contribution is 5.91. The summed E-state index contributed by atoms with van der Waals surface area (Å²) in [5.74, 6) is 0.897. The molecule has 3 fully saturated rings. The van der Waals surface area contributed by atoms with Gasteiger partial charge in [-0.2, -0.15) is 0 Å². The molecule has 1 aliphatic carbocycles. The van der Waals surface area contributed by atoms with Gasteiger partial charge < -0.3 is 14.7 Å². The Bertz CT molecular complexity index is 1470. The maximum absolute atomic E-state index is 13.8. The van der Waals surface area contributed by atoms with Gasteiger partial charge in [-0.05, 0) is 76.9 Å². The van der Waals surface area contributed by atoms with Gasteiger partial charge >= 0.3 is 0 Å². The number of aromatic nitrogens is 3. The number of anilines is 2. The SMILES string of the molecule is C=C1[C@@H](C)N(C2CCCC2)c2cc(-c3nc(C(=O)N4CC5CCC(C4)N5C)nn3-c3ccc(C)cc3)ccc2N1C. The van der Waals surface area contributed by atoms with E-state index in [0.29, 0.717) is 23.9 Å². The predicted octanol–water partition coefficient (Wildman–Crippen LogP) is 5.26. The molecule has 0 radical (unpaired) electrons. The minimum absolute atomic E-state index is 0.0719. The third-order valence-corrected chi connectivity index (χ3v) is 10.1. The van der Waals surface area contributed by atoms with Gasteiger partial charge in [0, 0.05) is 49.5 Å². The van der Waals surface area contributed by atoms with Crippen molar-refractivity contribution < 1.29 is 4.79 Å². The monoisotopic (exact) mass is 551 g/mol. The number of amides is 1. The zero-order chi connectivity index (χ0) is 28.4. The number of nitrogens with zero attached hydrogens (tertiary/aromatic N) is 7. The van der Waals surface area contributed by atoms with E-state index in [1.165, 1.54) is 36.9 Å². The van der Waals surface area contributed by atoms with Crippen LogP contribution in [0.1, 0.15) is 61.6 Å². The molecule has 1 amide bonds. The van der Waals surface area contributed by atoms with Gasteiger partial charge in [-0.1, -0.05) is 37.1 Å². The molecule has 3 aromatic rings. The Morgan fingerprint density at radius 2 is 1.59 bits per heavy atom. The summed E-state index contributed by atoms with van der Waals surface area (Å²) in [5.41, 5.74) is 6.53. The minimum Gasteiger partial charge on any atom is -0.359 e. The number of carbonyl (C=O) groups is 1. The number of hydrogen-bond acceptors (Lipinski definition) is 6. The summed E-state index contributed by atoms with van der Waals surface area (Å²) in [6.07, 6.45) is 7.24. The molecule has 0 N–H and O–H groups in total. The molecule has 7 rings (SSSR count). The number of likely N-dealkylation sites (tertiary alicyclic amines) is 1. The van der Waals surface area contributed by atoms with Gasteiger partial charge in [0.2, 0.25) is 5.82 Å². The van der Waals surface area contributed by atoms with Gasteiger partial charge in [-0.3, -0.25) is 9.69 Å². The van der Waals surface area contributed by atoms with Gasteiger partial charge in [0.1, 0.15) is 0 Å². The second-order valence-electron chi connectivity index (χ2n) is 12.5. The fraction of sp³-hybridized carbons (Fsp3) is 0.485. The van der Waals surface area contributed by atoms with Gasteiger partial charge in [0.25, 0.3) is 5.91 Å². The molecule has 2 unspecified atom stereocenters. The Morgan fingerprint density at radius 1 is 0.902 bits per heavy atom. The quantitative estimate of drug-likeness (QED) is 0.441. The first-order valence-electron chi connectivity index (χ1n) is 15.2. The number of rotatable bonds is 4. The summed E-state index contributed by atoms with van der Waals surface area (Å²) in [5, 5.41) is 4.86. The van der Waals surface area contributed by atoms with Gasteiger partial charge in [-0.15, -0.1) is 5.10 Å². The minimum atomic E-state index is -0.0719. The molecule has 8 heteroatoms. The number of likely N-dealkylation sites (N-methyl/N-ethyl adjacent to an activating group) is 2. The van der Waals surface area contributed by atoms with E-state index in [9.17, 15) is 4.79 Å². The number of aryl methyl sites for hydroxylation is 1. The van der Waals surface area contributed by atoms with Crippen molar-refractivity contribution in [3.8, 4) is 17.1 Å². The van der Waals surface area contributed by atoms with Crippen molar-refractivity contribution in [3.05, 3.63) is 66.1 Å². The van der Waals surface area contributed by atoms with Crippen LogP contribution in [0, 0.1) is 6.92 Å². The van der Waals surface area contributed by atoms with Crippen LogP contribution in [-0.4, -0.2) is 81.8 Å². The predicted molar refractivity (Wildman–Crippen MR) is 164 cm³/mol. The van der Waals surface area contributed by atoms with Crippen molar-refractivity contribution in [1.82, 2.24) is 24.6 Å². The molecule has 2 aromatic carbocycles. The first-order valence-corrected chi connectivity index (χ1v) is 15.2. The van der Waals surface area contributed by atoms with Crippen molar-refractivity contribution in [1.29, 1.82) is 0 Å². The van der Waals surface area contributed by atoms with Crippen molar-refractivity contribution in [2.45, 2.75) is 76.5 Å². The molecule has 4 aliphatic rings. The Labute approximate surface area is 243 Å². The van der Waals surface area contributed by atoms with Crippen molar-refractivity contribution in [3.63, 3.8) is 0 Å². The molecule has 4 heterocycles. The molecule has 214 valence electrons. The van der Waals surface area contributed by atoms with Crippen LogP contribution >= 0.6 is 0 Å². The molecule has 1 aromatic heterocycles. The van der Waals surface area contributed by atoms with E-state index >= 15 is 0 Å². The molecule has 2 saturated heterocycles. The second-order valence-corrected chi connectivity index (χ2v) is 12.5. The Kier molecular flexibility index (Phi) is 6.41. The number of fused-ring (bicyclic) bond motifs is 3. The molecule has 1 saturated carbocycles. The highest BCUT2D eigenvalue weighted by atomic mass is 16.2. The average Bonchev–Trinajstić information content (AvgIpc) is 3.70. The van der Waals surface area contributed by atoms with Gasteiger partial charge in [0.05, 0.1) is 23.1 Å². The number of piperazine rings is 1. The summed E-state index contributed by atoms with van der Waals surface area (Å²) >= 11 is 0. The van der Waals surface area contributed by atoms with Gasteiger partial charge in [-0.25, -0.2) is 9.67 Å². The third-order valence-electron chi connectivity index (χ3n) is 10.1. The van der Waals surface area contributed by atoms with E-state index in [1.54, 1.807) is 0 Å². The molecule has 41 heavy (non-hydrogen) atoms. The smallest absolute Gasteiger partial charge is 0.293 e. The van der Waals surface area contributed by atoms with E-state index in [4.69, 9.17) is 10.1 Å². The molecule has 2 bridgehead atoms. The maximum atomic E-state index is 13.8. The highest BCUT2D eigenvalue weighted by Crippen LogP contribution is 2.44. The highest BCUT2D eigenvalue weighted by Gasteiger charge is 2.40. The van der Waals surface area contributed by atoms with Crippen LogP contribution in [0.15, 0.2) is 54.7 Å². The summed E-state index contributed by atoms with van der Waals surface area (Å²) in [6.45, 7) is 10.3. The lowest BCUT2D eigenvalue weighted by atomic mass is 9.99. The largest absolute Gasteiger partial charge is 0.359 e. The van der Waals surface area contributed by atoms with E-state index in [2.05, 4.69) is 91.7 Å². The zero-order valence-electron chi connectivity index (χ0n) is 24.8. The summed E-state index contributed by atoms with van der Waals surface area (Å²) in [6, 6.07) is 16.4. The van der Waals surface area contributed by atoms with Crippen molar-refractivity contribution in [2.24, 2.45) is 0 Å². The summed E-state index contributed by atoms with van der Waals surface area (Å²) < 4.78 is 1.86. The van der Waals surface area contributed by atoms with Crippen molar-refractivity contribution >= 4 is 17.3 Å². The fourth-order valence-electron chi connectivity index (χ4n) is 7.53. The average molecular weight is 552 g/mol. The maximum Gasteiger partial charge on any atom is 0.293 e. The molecular formula is C33H41N7O. The Balaban J connectivity index is 1.31. The molecular weight excluding hydrogens is 510 g/mol. The second kappa shape index (κ2) is 10.0. The number of benzene rings is 2. The van der Waals surface area contributed by atoms with Crippen molar-refractivity contribution in [2.75, 3.05) is 37.0 Å². The number of carbonyl (C=O) groups excluding carboxylic acids is 1. The van der Waals surface area contributed by atoms with Crippen LogP contribution < -0.4 is 9.80 Å². The van der Waals surface area contributed by atoms with Gasteiger partial charge in [0.15, 0.2) is 5.82 Å². The first-order chi connectivity index (χ1) is 19.8. The molecule has 3 aliphatic heterocycles. The standard InChI is InChI=1S/C33H41N7O/c1-21-10-13-26(14-11-21)40-32(34-31(35-40)33(41)38-19-27-15-16-28(20-38)37(27)5)24-12-17-29-30(18-24)39(25-8-6-7-9-25)23(3)22(2)36(29)4/h10-14,17-18,23,25,27-28H,2,6-9,15-16,19-20H2,1,3-5H3/t23-,27?,28?/m1/s1. The van der Waals surface area contributed by atoms with E-state index in [0.717, 1.165) is 48.6 Å². The van der Waals surface area contributed by atoms with Crippen LogP contribution in [0.2, 0.25) is 0 Å². The normalized spacial score (nSPS) is 24.8. The third kappa shape index (κ3) is 4.35. The van der Waals surface area contributed by atoms with Crippen LogP contribution in [0.5, 0.6) is 0 Å². The topological polar surface area (TPSA) is 60.7 Å². The van der Waals surface area contributed by atoms with E-state index in [-0.39, 0.29) is 17.8 Å². The summed E-state index contributed by atoms with van der Waals surface area (Å²) in [7, 11) is 4.29. The lowest BCUT2D eigenvalue weighted by molar-refractivity contribution is 0.0513. The molecule has 8 nitrogen and oxygen atoms in total. The van der Waals surface area contributed by atoms with E-state index < -0.39 is 0 Å².